The SMILES string of the molecule is COC(=O)OC1=C(OS(=O)(=O)C(F)(F)F)c2ccccc2S(=O)(=O)N1Cc1cc(OC)c2c(c1)OCO2. The molecule has 0 spiro atoms. The van der Waals surface area contributed by atoms with Gasteiger partial charge in [0.05, 0.1) is 25.7 Å². The standard InChI is InChI=1S/C20H16F3NO11S2/c1-30-13-7-11(8-14-17(13)33-10-32-14)9-24-18(34-19(25)31-2)16(35-37(28,29)20(21,22)23)12-5-3-4-6-15(12)36(24,26)27/h3-8H,9-10H2,1-2H3. The third kappa shape index (κ3) is 4.66. The molecule has 2 heterocycles. The average molecular weight is 567 g/mol. The first-order valence-electron chi connectivity index (χ1n) is 9.89. The maximum absolute atomic E-state index is 13.5. The second-order valence-corrected chi connectivity index (χ2v) is 10.6. The highest BCUT2D eigenvalue weighted by molar-refractivity contribution is 7.89. The number of rotatable bonds is 6. The summed E-state index contributed by atoms with van der Waals surface area (Å²) in [5, 5.41) is 0. The van der Waals surface area contributed by atoms with Gasteiger partial charge in [0.2, 0.25) is 18.3 Å². The highest BCUT2D eigenvalue weighted by Crippen LogP contribution is 2.45. The molecule has 0 aromatic heterocycles. The van der Waals surface area contributed by atoms with Crippen LogP contribution in [0.5, 0.6) is 17.2 Å². The summed E-state index contributed by atoms with van der Waals surface area (Å²) in [6.07, 6.45) is -1.57. The Morgan fingerprint density at radius 2 is 1.84 bits per heavy atom. The molecule has 0 radical (unpaired) electrons. The molecule has 2 aliphatic heterocycles. The molecular weight excluding hydrogens is 551 g/mol. The number of methoxy groups -OCH3 is 2. The van der Waals surface area contributed by atoms with E-state index in [0.29, 0.717) is 4.31 Å². The van der Waals surface area contributed by atoms with Gasteiger partial charge in [0.15, 0.2) is 11.5 Å². The van der Waals surface area contributed by atoms with Gasteiger partial charge in [-0.2, -0.15) is 21.6 Å². The van der Waals surface area contributed by atoms with Crippen molar-refractivity contribution in [1.82, 2.24) is 4.31 Å². The van der Waals surface area contributed by atoms with E-state index in [1.54, 1.807) is 0 Å². The molecule has 200 valence electrons. The normalized spacial score (nSPS) is 16.2. The number of benzene rings is 2. The van der Waals surface area contributed by atoms with E-state index < -0.39 is 60.5 Å². The molecule has 0 bridgehead atoms. The van der Waals surface area contributed by atoms with Crippen LogP contribution in [0.4, 0.5) is 18.0 Å². The lowest BCUT2D eigenvalue weighted by Crippen LogP contribution is -2.38. The van der Waals surface area contributed by atoms with Crippen molar-refractivity contribution in [2.45, 2.75) is 16.9 Å². The fraction of sp³-hybridized carbons (Fsp3) is 0.250. The Kier molecular flexibility index (Phi) is 6.53. The minimum absolute atomic E-state index is 0.132. The Morgan fingerprint density at radius 3 is 2.49 bits per heavy atom. The fourth-order valence-corrected chi connectivity index (χ4v) is 5.45. The monoisotopic (exact) mass is 567 g/mol. The van der Waals surface area contributed by atoms with Crippen molar-refractivity contribution in [2.75, 3.05) is 21.0 Å². The highest BCUT2D eigenvalue weighted by atomic mass is 32.2. The van der Waals surface area contributed by atoms with Gasteiger partial charge in [-0.15, -0.1) is 0 Å². The smallest absolute Gasteiger partial charge is 0.493 e. The predicted octanol–water partition coefficient (Wildman–Crippen LogP) is 2.90. The summed E-state index contributed by atoms with van der Waals surface area (Å²) < 4.78 is 120. The summed E-state index contributed by atoms with van der Waals surface area (Å²) in [6.45, 7) is -0.858. The minimum atomic E-state index is -6.34. The van der Waals surface area contributed by atoms with Crippen LogP contribution in [0.1, 0.15) is 11.1 Å². The van der Waals surface area contributed by atoms with Gasteiger partial charge in [-0.05, 0) is 29.8 Å². The van der Waals surface area contributed by atoms with Crippen LogP contribution in [0.25, 0.3) is 5.76 Å². The van der Waals surface area contributed by atoms with Crippen LogP contribution >= 0.6 is 0 Å². The molecule has 17 heteroatoms. The van der Waals surface area contributed by atoms with Crippen LogP contribution in [-0.4, -0.2) is 53.8 Å². The Labute approximate surface area is 207 Å². The van der Waals surface area contributed by atoms with E-state index in [1.807, 2.05) is 0 Å². The molecule has 0 saturated carbocycles. The second-order valence-electron chi connectivity index (χ2n) is 7.21. The number of ether oxygens (including phenoxy) is 5. The van der Waals surface area contributed by atoms with Crippen LogP contribution in [0.2, 0.25) is 0 Å². The molecule has 2 aromatic rings. The van der Waals surface area contributed by atoms with Gasteiger partial charge >= 0.3 is 21.8 Å². The van der Waals surface area contributed by atoms with E-state index in [9.17, 15) is 34.8 Å². The Balaban J connectivity index is 1.94. The summed E-state index contributed by atoms with van der Waals surface area (Å²) >= 11 is 0. The molecule has 0 unspecified atom stereocenters. The number of alkyl halides is 3. The molecule has 0 aliphatic carbocycles. The third-order valence-electron chi connectivity index (χ3n) is 4.99. The number of carbonyl (C=O) groups is 1. The summed E-state index contributed by atoms with van der Waals surface area (Å²) in [5.74, 6) is -1.87. The van der Waals surface area contributed by atoms with Gasteiger partial charge in [0, 0.05) is 5.56 Å². The first kappa shape index (κ1) is 26.2. The quantitative estimate of drug-likeness (QED) is 0.289. The van der Waals surface area contributed by atoms with Crippen molar-refractivity contribution in [2.24, 2.45) is 0 Å². The van der Waals surface area contributed by atoms with E-state index in [1.165, 1.54) is 31.4 Å². The van der Waals surface area contributed by atoms with E-state index in [2.05, 4.69) is 8.92 Å². The third-order valence-corrected chi connectivity index (χ3v) is 7.73. The average Bonchev–Trinajstić information content (AvgIpc) is 3.31. The molecule has 0 saturated heterocycles. The van der Waals surface area contributed by atoms with Crippen LogP contribution in [0.15, 0.2) is 47.2 Å². The van der Waals surface area contributed by atoms with Crippen LogP contribution in [0.3, 0.4) is 0 Å². The molecule has 4 rings (SSSR count). The lowest BCUT2D eigenvalue weighted by atomic mass is 10.1. The molecular formula is C20H16F3NO11S2. The summed E-state index contributed by atoms with van der Waals surface area (Å²) in [7, 11) is -8.86. The van der Waals surface area contributed by atoms with E-state index in [4.69, 9.17) is 18.9 Å². The number of sulfonamides is 1. The van der Waals surface area contributed by atoms with E-state index in [0.717, 1.165) is 19.2 Å². The molecule has 37 heavy (non-hydrogen) atoms. The van der Waals surface area contributed by atoms with Crippen molar-refractivity contribution in [3.63, 3.8) is 0 Å². The van der Waals surface area contributed by atoms with Crippen molar-refractivity contribution in [1.29, 1.82) is 0 Å². The van der Waals surface area contributed by atoms with Crippen LogP contribution in [0, 0.1) is 0 Å². The number of hydrogen-bond acceptors (Lipinski definition) is 11. The van der Waals surface area contributed by atoms with Gasteiger partial charge < -0.3 is 27.9 Å². The molecule has 0 atom stereocenters. The lowest BCUT2D eigenvalue weighted by molar-refractivity contribution is -0.0511. The number of nitrogens with zero attached hydrogens (tertiary/aromatic N) is 1. The van der Waals surface area contributed by atoms with E-state index >= 15 is 0 Å². The first-order chi connectivity index (χ1) is 17.3. The van der Waals surface area contributed by atoms with Gasteiger partial charge in [-0.25, -0.2) is 17.5 Å². The maximum atomic E-state index is 13.5. The van der Waals surface area contributed by atoms with Crippen LogP contribution < -0.4 is 14.2 Å². The first-order valence-corrected chi connectivity index (χ1v) is 12.7. The number of halogens is 3. The maximum Gasteiger partial charge on any atom is 0.534 e. The highest BCUT2D eigenvalue weighted by Gasteiger charge is 2.51. The zero-order valence-electron chi connectivity index (χ0n) is 18.8. The fourth-order valence-electron chi connectivity index (χ4n) is 3.39. The van der Waals surface area contributed by atoms with Crippen LogP contribution in [-0.2, 0) is 40.3 Å². The van der Waals surface area contributed by atoms with E-state index in [-0.39, 0.29) is 29.6 Å². The molecule has 2 aromatic carbocycles. The van der Waals surface area contributed by atoms with Gasteiger partial charge in [0.1, 0.15) is 0 Å². The lowest BCUT2D eigenvalue weighted by Gasteiger charge is -2.32. The predicted molar refractivity (Wildman–Crippen MR) is 115 cm³/mol. The molecule has 0 fully saturated rings. The summed E-state index contributed by atoms with van der Waals surface area (Å²) in [5.41, 5.74) is -6.36. The van der Waals surface area contributed by atoms with Crippen molar-refractivity contribution >= 4 is 32.1 Å². The Bertz CT molecular complexity index is 1500. The van der Waals surface area contributed by atoms with Crippen molar-refractivity contribution in [3.05, 3.63) is 53.4 Å². The van der Waals surface area contributed by atoms with Crippen molar-refractivity contribution < 1.29 is 62.7 Å². The van der Waals surface area contributed by atoms with Crippen molar-refractivity contribution in [3.8, 4) is 17.2 Å². The second kappa shape index (κ2) is 9.22. The zero-order chi connectivity index (χ0) is 27.2. The molecule has 12 nitrogen and oxygen atoms in total. The molecule has 0 amide bonds. The van der Waals surface area contributed by atoms with Gasteiger partial charge in [0.25, 0.3) is 15.9 Å². The molecule has 0 N–H and O–H groups in total. The largest absolute Gasteiger partial charge is 0.534 e. The Morgan fingerprint density at radius 1 is 1.14 bits per heavy atom. The zero-order valence-corrected chi connectivity index (χ0v) is 20.4. The minimum Gasteiger partial charge on any atom is -0.493 e. The molecule has 2 aliphatic rings. The van der Waals surface area contributed by atoms with Gasteiger partial charge in [-0.3, -0.25) is 0 Å². The number of hydrogen-bond donors (Lipinski definition) is 0. The topological polar surface area (TPSA) is 144 Å². The summed E-state index contributed by atoms with van der Waals surface area (Å²) in [6, 6.07) is 7.15. The number of carbonyl (C=O) groups excluding carboxylic acids is 1. The van der Waals surface area contributed by atoms with Gasteiger partial charge in [-0.1, -0.05) is 12.1 Å². The number of fused-ring (bicyclic) bond motifs is 2. The summed E-state index contributed by atoms with van der Waals surface area (Å²) in [4.78, 5) is 11.4. The Hall–Kier alpha value is -3.86.